The minimum atomic E-state index is -1.06. The number of fused-ring (bicyclic) bond motifs is 2. The molecular weight excluding hydrogens is 414 g/mol. The van der Waals surface area contributed by atoms with Crippen LogP contribution in [0.4, 0.5) is 14.5 Å². The van der Waals surface area contributed by atoms with Crippen molar-refractivity contribution in [2.45, 2.75) is 32.9 Å². The predicted octanol–water partition coefficient (Wildman–Crippen LogP) is 4.13. The van der Waals surface area contributed by atoms with E-state index in [4.69, 9.17) is 9.47 Å². The molecule has 1 unspecified atom stereocenters. The minimum absolute atomic E-state index is 0.00377. The van der Waals surface area contributed by atoms with Crippen molar-refractivity contribution >= 4 is 39.1 Å². The maximum Gasteiger partial charge on any atom is 0.310 e. The standard InChI is InChI=1S/C21H18F2N2O4S/c1-3-28-17(26)9-15-21(27)25(14-6-4-5-11(2)19(14)29-15)10-16-24-18-12(22)7-8-13(23)20(18)30-16/h4-8,15H,3,9-10H2,1-2H3. The van der Waals surface area contributed by atoms with Gasteiger partial charge in [0.1, 0.15) is 22.1 Å². The molecule has 9 heteroatoms. The number of carbonyl (C=O) groups excluding carboxylic acids is 2. The number of halogens is 2. The number of thiazole rings is 1. The lowest BCUT2D eigenvalue weighted by molar-refractivity contribution is -0.147. The van der Waals surface area contributed by atoms with E-state index in [1.54, 1.807) is 19.1 Å². The number of rotatable bonds is 5. The Labute approximate surface area is 175 Å². The number of anilines is 1. The van der Waals surface area contributed by atoms with Crippen LogP contribution in [0.5, 0.6) is 5.75 Å². The summed E-state index contributed by atoms with van der Waals surface area (Å²) in [6, 6.07) is 7.40. The van der Waals surface area contributed by atoms with Crippen LogP contribution < -0.4 is 9.64 Å². The normalized spacial score (nSPS) is 15.8. The molecule has 3 aromatic rings. The highest BCUT2D eigenvalue weighted by molar-refractivity contribution is 7.18. The molecule has 0 saturated heterocycles. The number of aryl methyl sites for hydroxylation is 1. The highest BCUT2D eigenvalue weighted by atomic mass is 32.1. The van der Waals surface area contributed by atoms with Gasteiger partial charge >= 0.3 is 5.97 Å². The zero-order valence-electron chi connectivity index (χ0n) is 16.3. The van der Waals surface area contributed by atoms with Crippen molar-refractivity contribution in [2.75, 3.05) is 11.5 Å². The van der Waals surface area contributed by atoms with Crippen molar-refractivity contribution in [3.8, 4) is 5.75 Å². The largest absolute Gasteiger partial charge is 0.477 e. The van der Waals surface area contributed by atoms with Gasteiger partial charge in [0.15, 0.2) is 11.9 Å². The van der Waals surface area contributed by atoms with Crippen LogP contribution in [0.1, 0.15) is 23.9 Å². The second-order valence-electron chi connectivity index (χ2n) is 6.78. The molecule has 0 saturated carbocycles. The smallest absolute Gasteiger partial charge is 0.310 e. The summed E-state index contributed by atoms with van der Waals surface area (Å²) in [5.74, 6) is -1.71. The van der Waals surface area contributed by atoms with E-state index in [2.05, 4.69) is 4.98 Å². The van der Waals surface area contributed by atoms with E-state index in [1.807, 2.05) is 13.0 Å². The van der Waals surface area contributed by atoms with E-state index in [0.717, 1.165) is 29.0 Å². The third-order valence-corrected chi connectivity index (χ3v) is 5.77. The van der Waals surface area contributed by atoms with Crippen LogP contribution in [-0.2, 0) is 20.9 Å². The van der Waals surface area contributed by atoms with E-state index >= 15 is 0 Å². The molecule has 0 spiro atoms. The summed E-state index contributed by atoms with van der Waals surface area (Å²) in [5, 5.41) is 0.367. The van der Waals surface area contributed by atoms with Crippen molar-refractivity contribution in [2.24, 2.45) is 0 Å². The van der Waals surface area contributed by atoms with E-state index in [1.165, 1.54) is 4.90 Å². The fourth-order valence-corrected chi connectivity index (χ4v) is 4.31. The molecule has 1 aromatic heterocycles. The first-order valence-corrected chi connectivity index (χ1v) is 10.2. The lowest BCUT2D eigenvalue weighted by Gasteiger charge is -2.34. The molecule has 1 aliphatic heterocycles. The van der Waals surface area contributed by atoms with Crippen LogP contribution in [0, 0.1) is 18.6 Å². The van der Waals surface area contributed by atoms with E-state index in [-0.39, 0.29) is 29.8 Å². The van der Waals surface area contributed by atoms with Crippen LogP contribution in [-0.4, -0.2) is 29.6 Å². The second-order valence-corrected chi connectivity index (χ2v) is 7.86. The molecule has 1 aliphatic rings. The van der Waals surface area contributed by atoms with E-state index < -0.39 is 29.6 Å². The molecule has 4 rings (SSSR count). The van der Waals surface area contributed by atoms with Crippen LogP contribution in [0.3, 0.4) is 0 Å². The van der Waals surface area contributed by atoms with Crippen LogP contribution in [0.25, 0.3) is 10.2 Å². The van der Waals surface area contributed by atoms with Crippen molar-refractivity contribution in [1.82, 2.24) is 4.98 Å². The SMILES string of the molecule is CCOC(=O)CC1Oc2c(C)cccc2N(Cc2nc3c(F)ccc(F)c3s2)C1=O. The van der Waals surface area contributed by atoms with Gasteiger partial charge in [-0.3, -0.25) is 14.5 Å². The van der Waals surface area contributed by atoms with E-state index in [9.17, 15) is 18.4 Å². The molecule has 0 aliphatic carbocycles. The Kier molecular flexibility index (Phi) is 5.38. The fraction of sp³-hybridized carbons (Fsp3) is 0.286. The zero-order chi connectivity index (χ0) is 21.4. The van der Waals surface area contributed by atoms with Gasteiger partial charge < -0.3 is 9.47 Å². The third kappa shape index (κ3) is 3.60. The molecular formula is C21H18F2N2O4S. The van der Waals surface area contributed by atoms with Crippen molar-refractivity contribution in [3.63, 3.8) is 0 Å². The first kappa shape index (κ1) is 20.2. The maximum absolute atomic E-state index is 14.1. The van der Waals surface area contributed by atoms with Gasteiger partial charge in [0.05, 0.1) is 30.0 Å². The molecule has 0 radical (unpaired) electrons. The predicted molar refractivity (Wildman–Crippen MR) is 108 cm³/mol. The van der Waals surface area contributed by atoms with Gasteiger partial charge in [0.25, 0.3) is 5.91 Å². The van der Waals surface area contributed by atoms with Gasteiger partial charge in [-0.15, -0.1) is 11.3 Å². The van der Waals surface area contributed by atoms with Crippen LogP contribution >= 0.6 is 11.3 Å². The molecule has 30 heavy (non-hydrogen) atoms. The molecule has 2 heterocycles. The van der Waals surface area contributed by atoms with Gasteiger partial charge in [-0.25, -0.2) is 13.8 Å². The molecule has 0 N–H and O–H groups in total. The van der Waals surface area contributed by atoms with Gasteiger partial charge in [-0.1, -0.05) is 12.1 Å². The quantitative estimate of drug-likeness (QED) is 0.567. The Morgan fingerprint density at radius 2 is 2.03 bits per heavy atom. The Balaban J connectivity index is 1.71. The van der Waals surface area contributed by atoms with Crippen molar-refractivity contribution in [3.05, 3.63) is 52.5 Å². The van der Waals surface area contributed by atoms with Crippen molar-refractivity contribution in [1.29, 1.82) is 0 Å². The monoisotopic (exact) mass is 432 g/mol. The number of carbonyl (C=O) groups is 2. The van der Waals surface area contributed by atoms with Crippen molar-refractivity contribution < 1.29 is 27.8 Å². The van der Waals surface area contributed by atoms with Crippen LogP contribution in [0.2, 0.25) is 0 Å². The summed E-state index contributed by atoms with van der Waals surface area (Å²) < 4.78 is 39.0. The third-order valence-electron chi connectivity index (χ3n) is 4.72. The number of hydrogen-bond acceptors (Lipinski definition) is 6. The number of aromatic nitrogens is 1. The van der Waals surface area contributed by atoms with Gasteiger partial charge in [0, 0.05) is 0 Å². The number of benzene rings is 2. The topological polar surface area (TPSA) is 68.7 Å². The molecule has 6 nitrogen and oxygen atoms in total. The van der Waals surface area contributed by atoms with E-state index in [0.29, 0.717) is 16.4 Å². The number of hydrogen-bond donors (Lipinski definition) is 0. The van der Waals surface area contributed by atoms with Gasteiger partial charge in [0.2, 0.25) is 0 Å². The number of nitrogens with zero attached hydrogens (tertiary/aromatic N) is 2. The molecule has 1 atom stereocenters. The average molecular weight is 432 g/mol. The average Bonchev–Trinajstić information content (AvgIpc) is 3.14. The highest BCUT2D eigenvalue weighted by Gasteiger charge is 2.37. The number of ether oxygens (including phenoxy) is 2. The summed E-state index contributed by atoms with van der Waals surface area (Å²) in [5.41, 5.74) is 1.24. The fourth-order valence-electron chi connectivity index (χ4n) is 3.34. The summed E-state index contributed by atoms with van der Waals surface area (Å²) in [7, 11) is 0. The molecule has 0 fully saturated rings. The summed E-state index contributed by atoms with van der Waals surface area (Å²) in [6.07, 6.45) is -1.29. The van der Waals surface area contributed by atoms with Gasteiger partial charge in [-0.05, 0) is 37.6 Å². The molecule has 156 valence electrons. The first-order valence-electron chi connectivity index (χ1n) is 9.35. The maximum atomic E-state index is 14.1. The number of para-hydroxylation sites is 1. The van der Waals surface area contributed by atoms with Gasteiger partial charge in [-0.2, -0.15) is 0 Å². The summed E-state index contributed by atoms with van der Waals surface area (Å²) in [4.78, 5) is 30.7. The minimum Gasteiger partial charge on any atom is -0.477 e. The summed E-state index contributed by atoms with van der Waals surface area (Å²) in [6.45, 7) is 3.70. The Morgan fingerprint density at radius 3 is 2.77 bits per heavy atom. The Morgan fingerprint density at radius 1 is 1.27 bits per heavy atom. The first-order chi connectivity index (χ1) is 14.4. The lowest BCUT2D eigenvalue weighted by atomic mass is 10.1. The summed E-state index contributed by atoms with van der Waals surface area (Å²) >= 11 is 0.983. The number of esters is 1. The zero-order valence-corrected chi connectivity index (χ0v) is 17.1. The Bertz CT molecular complexity index is 1110. The molecule has 1 amide bonds. The molecule has 2 aromatic carbocycles. The second kappa shape index (κ2) is 7.98. The number of amides is 1. The van der Waals surface area contributed by atoms with Crippen LogP contribution in [0.15, 0.2) is 30.3 Å². The lowest BCUT2D eigenvalue weighted by Crippen LogP contribution is -2.46. The molecule has 0 bridgehead atoms. The highest BCUT2D eigenvalue weighted by Crippen LogP contribution is 2.39. The Hall–Kier alpha value is -3.07.